The molecular weight excluding hydrogens is 349 g/mol. The van der Waals surface area contributed by atoms with E-state index in [1.807, 2.05) is 30.3 Å². The van der Waals surface area contributed by atoms with E-state index >= 15 is 0 Å². The molecule has 1 atom stereocenters. The van der Waals surface area contributed by atoms with Crippen LogP contribution < -0.4 is 10.1 Å². The zero-order chi connectivity index (χ0) is 13.4. The molecule has 1 aliphatic rings. The molecule has 1 heterocycles. The number of ether oxygens (including phenoxy) is 1. The van der Waals surface area contributed by atoms with Crippen molar-refractivity contribution in [1.82, 2.24) is 0 Å². The second-order valence-corrected chi connectivity index (χ2v) is 6.06. The minimum Gasteiger partial charge on any atom is -0.480 e. The molecule has 0 spiro atoms. The monoisotopic (exact) mass is 357 g/mol. The van der Waals surface area contributed by atoms with Crippen LogP contribution >= 0.6 is 39.1 Å². The lowest BCUT2D eigenvalue weighted by molar-refractivity contribution is 0.210. The fourth-order valence-electron chi connectivity index (χ4n) is 2.06. The van der Waals surface area contributed by atoms with Gasteiger partial charge in [-0.1, -0.05) is 51.3 Å². The molecule has 2 nitrogen and oxygen atoms in total. The first kappa shape index (κ1) is 13.1. The van der Waals surface area contributed by atoms with Crippen molar-refractivity contribution in [3.05, 3.63) is 56.5 Å². The third-order valence-corrected chi connectivity index (χ3v) is 4.02. The molecule has 1 N–H and O–H groups in total. The number of rotatable bonds is 1. The molecule has 2 aromatic carbocycles. The molecule has 2 aromatic rings. The molecule has 1 unspecified atom stereocenters. The number of halogens is 3. The standard InChI is InChI=1S/C14H10BrCl2NO/c15-9-3-1-8(2-4-9)13-7-18-12-6-10(16)5-11(17)14(12)19-13/h1-6,13,18H,7H2. The Hall–Kier alpha value is -0.900. The van der Waals surface area contributed by atoms with Crippen molar-refractivity contribution in [2.75, 3.05) is 11.9 Å². The molecule has 19 heavy (non-hydrogen) atoms. The van der Waals surface area contributed by atoms with E-state index in [0.717, 1.165) is 15.7 Å². The Morgan fingerprint density at radius 2 is 1.89 bits per heavy atom. The zero-order valence-electron chi connectivity index (χ0n) is 9.79. The second kappa shape index (κ2) is 5.23. The van der Waals surface area contributed by atoms with Gasteiger partial charge in [-0.05, 0) is 29.8 Å². The fraction of sp³-hybridized carbons (Fsp3) is 0.143. The van der Waals surface area contributed by atoms with Crippen molar-refractivity contribution in [1.29, 1.82) is 0 Å². The van der Waals surface area contributed by atoms with Gasteiger partial charge in [0.15, 0.2) is 5.75 Å². The highest BCUT2D eigenvalue weighted by atomic mass is 79.9. The maximum Gasteiger partial charge on any atom is 0.162 e. The summed E-state index contributed by atoms with van der Waals surface area (Å²) in [5.41, 5.74) is 1.94. The minimum absolute atomic E-state index is 0.0562. The third kappa shape index (κ3) is 2.69. The summed E-state index contributed by atoms with van der Waals surface area (Å²) in [4.78, 5) is 0. The van der Waals surface area contributed by atoms with E-state index in [4.69, 9.17) is 27.9 Å². The van der Waals surface area contributed by atoms with E-state index in [9.17, 15) is 0 Å². The highest BCUT2D eigenvalue weighted by Gasteiger charge is 2.23. The quantitative estimate of drug-likeness (QED) is 0.746. The van der Waals surface area contributed by atoms with Gasteiger partial charge < -0.3 is 10.1 Å². The summed E-state index contributed by atoms with van der Waals surface area (Å²) >= 11 is 15.6. The van der Waals surface area contributed by atoms with Gasteiger partial charge in [0.1, 0.15) is 6.10 Å². The highest BCUT2D eigenvalue weighted by Crippen LogP contribution is 2.41. The van der Waals surface area contributed by atoms with Gasteiger partial charge in [-0.2, -0.15) is 0 Å². The van der Waals surface area contributed by atoms with E-state index in [1.54, 1.807) is 6.07 Å². The van der Waals surface area contributed by atoms with Crippen LogP contribution in [-0.2, 0) is 0 Å². The third-order valence-electron chi connectivity index (χ3n) is 2.99. The Balaban J connectivity index is 1.92. The van der Waals surface area contributed by atoms with E-state index < -0.39 is 0 Å². The number of nitrogens with one attached hydrogen (secondary N) is 1. The largest absolute Gasteiger partial charge is 0.480 e. The van der Waals surface area contributed by atoms with Crippen LogP contribution in [0.5, 0.6) is 5.75 Å². The van der Waals surface area contributed by atoms with Gasteiger partial charge in [0.05, 0.1) is 17.3 Å². The molecule has 5 heteroatoms. The first-order chi connectivity index (χ1) is 9.13. The summed E-state index contributed by atoms with van der Waals surface area (Å²) in [6.07, 6.45) is -0.0562. The average molecular weight is 359 g/mol. The topological polar surface area (TPSA) is 21.3 Å². The Labute approximate surface area is 129 Å². The smallest absolute Gasteiger partial charge is 0.162 e. The van der Waals surface area contributed by atoms with Gasteiger partial charge in [0.25, 0.3) is 0 Å². The van der Waals surface area contributed by atoms with E-state index in [-0.39, 0.29) is 6.10 Å². The second-order valence-electron chi connectivity index (χ2n) is 4.30. The molecule has 0 amide bonds. The first-order valence-corrected chi connectivity index (χ1v) is 7.33. The lowest BCUT2D eigenvalue weighted by Crippen LogP contribution is -2.23. The van der Waals surface area contributed by atoms with Crippen LogP contribution in [0.25, 0.3) is 0 Å². The number of hydrogen-bond acceptors (Lipinski definition) is 2. The van der Waals surface area contributed by atoms with Crippen LogP contribution in [0.1, 0.15) is 11.7 Å². The van der Waals surface area contributed by atoms with Crippen LogP contribution in [-0.4, -0.2) is 6.54 Å². The van der Waals surface area contributed by atoms with Gasteiger partial charge in [-0.15, -0.1) is 0 Å². The van der Waals surface area contributed by atoms with Crippen molar-refractivity contribution in [2.24, 2.45) is 0 Å². The number of fused-ring (bicyclic) bond motifs is 1. The molecule has 0 aromatic heterocycles. The Kier molecular flexibility index (Phi) is 3.61. The van der Waals surface area contributed by atoms with Crippen molar-refractivity contribution in [3.8, 4) is 5.75 Å². The molecule has 0 saturated heterocycles. The maximum atomic E-state index is 6.17. The molecule has 0 aliphatic carbocycles. The Morgan fingerprint density at radius 1 is 1.16 bits per heavy atom. The predicted octanol–water partition coefficient (Wildman–Crippen LogP) is 5.30. The van der Waals surface area contributed by atoms with Crippen LogP contribution in [0.15, 0.2) is 40.9 Å². The van der Waals surface area contributed by atoms with E-state index in [0.29, 0.717) is 22.3 Å². The summed E-state index contributed by atoms with van der Waals surface area (Å²) in [5.74, 6) is 0.658. The normalized spacial score (nSPS) is 17.3. The molecule has 0 radical (unpaired) electrons. The number of anilines is 1. The number of hydrogen-bond donors (Lipinski definition) is 1. The minimum atomic E-state index is -0.0562. The average Bonchev–Trinajstić information content (AvgIpc) is 2.39. The van der Waals surface area contributed by atoms with Gasteiger partial charge in [0.2, 0.25) is 0 Å². The Bertz CT molecular complexity index is 616. The SMILES string of the molecule is Clc1cc(Cl)c2c(c1)NCC(c1ccc(Br)cc1)O2. The zero-order valence-corrected chi connectivity index (χ0v) is 12.9. The van der Waals surface area contributed by atoms with Gasteiger partial charge in [0, 0.05) is 9.50 Å². The van der Waals surface area contributed by atoms with Gasteiger partial charge >= 0.3 is 0 Å². The molecule has 0 bridgehead atoms. The Morgan fingerprint density at radius 3 is 2.63 bits per heavy atom. The van der Waals surface area contributed by atoms with Crippen molar-refractivity contribution < 1.29 is 4.74 Å². The summed E-state index contributed by atoms with van der Waals surface area (Å²) < 4.78 is 7.02. The fourth-order valence-corrected chi connectivity index (χ4v) is 2.86. The summed E-state index contributed by atoms with van der Waals surface area (Å²) in [6, 6.07) is 11.6. The van der Waals surface area contributed by atoms with Crippen LogP contribution in [0.2, 0.25) is 10.0 Å². The molecule has 98 valence electrons. The van der Waals surface area contributed by atoms with Crippen LogP contribution in [0.3, 0.4) is 0 Å². The highest BCUT2D eigenvalue weighted by molar-refractivity contribution is 9.10. The number of benzene rings is 2. The molecule has 3 rings (SSSR count). The van der Waals surface area contributed by atoms with Crippen molar-refractivity contribution in [3.63, 3.8) is 0 Å². The van der Waals surface area contributed by atoms with Gasteiger partial charge in [-0.25, -0.2) is 0 Å². The van der Waals surface area contributed by atoms with E-state index in [2.05, 4.69) is 21.2 Å². The van der Waals surface area contributed by atoms with Crippen molar-refractivity contribution >= 4 is 44.8 Å². The van der Waals surface area contributed by atoms with E-state index in [1.165, 1.54) is 0 Å². The van der Waals surface area contributed by atoms with Crippen LogP contribution in [0, 0.1) is 0 Å². The summed E-state index contributed by atoms with van der Waals surface area (Å²) in [7, 11) is 0. The van der Waals surface area contributed by atoms with Crippen molar-refractivity contribution in [2.45, 2.75) is 6.10 Å². The summed E-state index contributed by atoms with van der Waals surface area (Å²) in [5, 5.41) is 4.43. The molecular formula is C14H10BrCl2NO. The van der Waals surface area contributed by atoms with Crippen LogP contribution in [0.4, 0.5) is 5.69 Å². The van der Waals surface area contributed by atoms with Gasteiger partial charge in [-0.3, -0.25) is 0 Å². The molecule has 0 fully saturated rings. The summed E-state index contributed by atoms with van der Waals surface area (Å²) in [6.45, 7) is 0.686. The maximum absolute atomic E-state index is 6.17. The molecule has 1 aliphatic heterocycles. The lowest BCUT2D eigenvalue weighted by atomic mass is 10.1. The molecule has 0 saturated carbocycles. The lowest BCUT2D eigenvalue weighted by Gasteiger charge is -2.28. The predicted molar refractivity (Wildman–Crippen MR) is 82.5 cm³/mol. The first-order valence-electron chi connectivity index (χ1n) is 5.78.